The monoisotopic (exact) mass is 677 g/mol. The fourth-order valence-electron chi connectivity index (χ4n) is 5.44. The van der Waals surface area contributed by atoms with Crippen LogP contribution in [0.2, 0.25) is 0 Å². The molecule has 5 aromatic rings. The quantitative estimate of drug-likeness (QED) is 0.156. The third kappa shape index (κ3) is 6.73. The van der Waals surface area contributed by atoms with Crippen molar-refractivity contribution in [3.05, 3.63) is 58.2 Å². The van der Waals surface area contributed by atoms with Crippen LogP contribution in [0.25, 0.3) is 21.1 Å². The minimum absolute atomic E-state index is 0.0581. The van der Waals surface area contributed by atoms with Crippen LogP contribution in [0.5, 0.6) is 17.2 Å². The van der Waals surface area contributed by atoms with Crippen LogP contribution in [0.4, 0.5) is 5.95 Å². The molecule has 5 rings (SSSR count). The highest BCUT2D eigenvalue weighted by Crippen LogP contribution is 2.37. The van der Waals surface area contributed by atoms with Crippen molar-refractivity contribution in [2.45, 2.75) is 33.4 Å². The Kier molecular flexibility index (Phi) is 9.84. The summed E-state index contributed by atoms with van der Waals surface area (Å²) in [5, 5.41) is 17.6. The van der Waals surface area contributed by atoms with Gasteiger partial charge in [0.15, 0.2) is 11.5 Å². The number of imidazole rings is 1. The molecule has 3 heterocycles. The summed E-state index contributed by atoms with van der Waals surface area (Å²) in [6.45, 7) is 3.84. The van der Waals surface area contributed by atoms with E-state index < -0.39 is 30.2 Å². The number of methoxy groups -OCH3 is 3. The van der Waals surface area contributed by atoms with Crippen LogP contribution >= 0.6 is 11.3 Å². The van der Waals surface area contributed by atoms with E-state index in [-0.39, 0.29) is 31.0 Å². The standard InChI is InChI=1S/C32H35N7O8S/c1-6-39-21(10-17(2)36-39)30(43)35-32-34-20-11-19(29(33)42)13-24(47-5)28(20)38(32)9-7-8-37(16-27(40)41)31(44)26-14-18-12-22(45-3)23(46-4)15-25(18)48-26/h10-15H,6-9,16H2,1-5H3,(H2,33,42)(H,40,41)(H,34,35,43). The lowest BCUT2D eigenvalue weighted by molar-refractivity contribution is -0.137. The van der Waals surface area contributed by atoms with Gasteiger partial charge in [0.05, 0.1) is 37.4 Å². The zero-order valence-corrected chi connectivity index (χ0v) is 27.8. The summed E-state index contributed by atoms with van der Waals surface area (Å²) in [7, 11) is 4.47. The van der Waals surface area contributed by atoms with Gasteiger partial charge in [0.2, 0.25) is 11.9 Å². The molecule has 3 aromatic heterocycles. The Morgan fingerprint density at radius 3 is 2.35 bits per heavy atom. The summed E-state index contributed by atoms with van der Waals surface area (Å²) in [6, 6.07) is 9.86. The van der Waals surface area contributed by atoms with Gasteiger partial charge in [0, 0.05) is 36.0 Å². The number of benzene rings is 2. The number of hydrogen-bond acceptors (Lipinski definition) is 10. The number of rotatable bonds is 14. The number of amides is 3. The van der Waals surface area contributed by atoms with Crippen molar-refractivity contribution < 1.29 is 38.5 Å². The average Bonchev–Trinajstić information content (AvgIpc) is 3.76. The van der Waals surface area contributed by atoms with Crippen molar-refractivity contribution in [3.63, 3.8) is 0 Å². The molecule has 0 fully saturated rings. The van der Waals surface area contributed by atoms with Gasteiger partial charge in [-0.05, 0) is 56.0 Å². The lowest BCUT2D eigenvalue weighted by Crippen LogP contribution is -2.36. The molecule has 4 N–H and O–H groups in total. The van der Waals surface area contributed by atoms with Crippen LogP contribution in [0, 0.1) is 6.92 Å². The largest absolute Gasteiger partial charge is 0.494 e. The number of anilines is 1. The van der Waals surface area contributed by atoms with Gasteiger partial charge in [0.1, 0.15) is 23.5 Å². The number of hydrogen-bond donors (Lipinski definition) is 3. The number of aromatic nitrogens is 4. The zero-order valence-electron chi connectivity index (χ0n) is 27.0. The number of fused-ring (bicyclic) bond motifs is 2. The Bertz CT molecular complexity index is 2010. The van der Waals surface area contributed by atoms with Gasteiger partial charge in [-0.2, -0.15) is 5.10 Å². The van der Waals surface area contributed by atoms with Crippen LogP contribution in [0.1, 0.15) is 49.6 Å². The third-order valence-corrected chi connectivity index (χ3v) is 8.71. The van der Waals surface area contributed by atoms with E-state index in [1.54, 1.807) is 40.4 Å². The molecule has 0 radical (unpaired) electrons. The van der Waals surface area contributed by atoms with Gasteiger partial charge in [-0.15, -0.1) is 11.3 Å². The number of nitrogens with one attached hydrogen (secondary N) is 1. The first-order valence-electron chi connectivity index (χ1n) is 14.9. The highest BCUT2D eigenvalue weighted by Gasteiger charge is 2.24. The molecule has 2 aromatic carbocycles. The van der Waals surface area contributed by atoms with Crippen LogP contribution in [0.3, 0.4) is 0 Å². The first kappa shape index (κ1) is 33.7. The zero-order chi connectivity index (χ0) is 34.7. The maximum atomic E-state index is 13.7. The first-order valence-corrected chi connectivity index (χ1v) is 15.7. The number of primary amides is 1. The fourth-order valence-corrected chi connectivity index (χ4v) is 6.48. The van der Waals surface area contributed by atoms with Crippen molar-refractivity contribution in [2.75, 3.05) is 39.7 Å². The number of nitrogens with zero attached hydrogens (tertiary/aromatic N) is 5. The molecule has 3 amide bonds. The number of aliphatic carboxylic acids is 1. The summed E-state index contributed by atoms with van der Waals surface area (Å²) < 4.78 is 20.4. The maximum absolute atomic E-state index is 13.7. The van der Waals surface area contributed by atoms with Crippen molar-refractivity contribution in [1.82, 2.24) is 24.2 Å². The molecule has 0 aliphatic heterocycles. The second-order valence-electron chi connectivity index (χ2n) is 10.8. The second kappa shape index (κ2) is 14.0. The second-order valence-corrected chi connectivity index (χ2v) is 11.9. The molecule has 0 atom stereocenters. The normalized spacial score (nSPS) is 11.1. The van der Waals surface area contributed by atoms with Crippen molar-refractivity contribution in [1.29, 1.82) is 0 Å². The Morgan fingerprint density at radius 2 is 1.71 bits per heavy atom. The minimum Gasteiger partial charge on any atom is -0.494 e. The average molecular weight is 678 g/mol. The SMILES string of the molecule is CCn1nc(C)cc1C(=O)Nc1nc2cc(C(N)=O)cc(OC)c2n1CCCN(CC(=O)O)C(=O)c1cc2cc(OC)c(OC)cc2s1. The molecule has 0 aliphatic rings. The lowest BCUT2D eigenvalue weighted by Gasteiger charge is -2.20. The van der Waals surface area contributed by atoms with Crippen LogP contribution in [-0.4, -0.2) is 87.4 Å². The molecule has 0 saturated carbocycles. The van der Waals surface area contributed by atoms with Crippen molar-refractivity contribution in [2.24, 2.45) is 5.73 Å². The molecule has 252 valence electrons. The molecule has 48 heavy (non-hydrogen) atoms. The van der Waals surface area contributed by atoms with E-state index in [9.17, 15) is 24.3 Å². The lowest BCUT2D eigenvalue weighted by atomic mass is 10.1. The molecule has 15 nitrogen and oxygen atoms in total. The smallest absolute Gasteiger partial charge is 0.323 e. The van der Waals surface area contributed by atoms with E-state index in [0.717, 1.165) is 10.1 Å². The molecular formula is C32H35N7O8S. The Balaban J connectivity index is 1.46. The highest BCUT2D eigenvalue weighted by atomic mass is 32.1. The van der Waals surface area contributed by atoms with E-state index in [1.807, 2.05) is 6.92 Å². The number of aryl methyl sites for hydroxylation is 3. The summed E-state index contributed by atoms with van der Waals surface area (Å²) >= 11 is 1.22. The van der Waals surface area contributed by atoms with Gasteiger partial charge in [-0.25, -0.2) is 4.98 Å². The first-order chi connectivity index (χ1) is 23.0. The predicted octanol–water partition coefficient (Wildman–Crippen LogP) is 3.77. The molecule has 0 saturated heterocycles. The van der Waals surface area contributed by atoms with Crippen molar-refractivity contribution in [3.8, 4) is 17.2 Å². The van der Waals surface area contributed by atoms with Crippen LogP contribution in [-0.2, 0) is 17.9 Å². The van der Waals surface area contributed by atoms with Gasteiger partial charge < -0.3 is 34.5 Å². The van der Waals surface area contributed by atoms with Gasteiger partial charge in [-0.1, -0.05) is 0 Å². The highest BCUT2D eigenvalue weighted by molar-refractivity contribution is 7.20. The molecule has 0 aliphatic carbocycles. The predicted molar refractivity (Wildman–Crippen MR) is 178 cm³/mol. The molecule has 0 spiro atoms. The Morgan fingerprint density at radius 1 is 1.00 bits per heavy atom. The molecule has 16 heteroatoms. The van der Waals surface area contributed by atoms with E-state index in [2.05, 4.69) is 15.4 Å². The van der Waals surface area contributed by atoms with Crippen LogP contribution in [0.15, 0.2) is 36.4 Å². The van der Waals surface area contributed by atoms with Gasteiger partial charge in [-0.3, -0.25) is 29.2 Å². The molecule has 0 unspecified atom stereocenters. The number of carbonyl (C=O) groups excluding carboxylic acids is 3. The maximum Gasteiger partial charge on any atom is 0.323 e. The third-order valence-electron chi connectivity index (χ3n) is 7.63. The number of carboxylic acid groups (broad SMARTS) is 1. The summed E-state index contributed by atoms with van der Waals surface area (Å²) in [5.41, 5.74) is 7.52. The summed E-state index contributed by atoms with van der Waals surface area (Å²) in [5.74, 6) is -1.30. The molecule has 0 bridgehead atoms. The number of thiophene rings is 1. The topological polar surface area (TPSA) is 193 Å². The minimum atomic E-state index is -1.17. The summed E-state index contributed by atoms with van der Waals surface area (Å²) in [4.78, 5) is 57.1. The Labute approximate surface area is 278 Å². The number of nitrogens with two attached hydrogens (primary N) is 1. The van der Waals surface area contributed by atoms with E-state index in [0.29, 0.717) is 51.1 Å². The fraction of sp³-hybridized carbons (Fsp3) is 0.312. The van der Waals surface area contributed by atoms with E-state index in [4.69, 9.17) is 19.9 Å². The number of carbonyl (C=O) groups is 4. The van der Waals surface area contributed by atoms with Gasteiger partial charge >= 0.3 is 5.97 Å². The van der Waals surface area contributed by atoms with Crippen LogP contribution < -0.4 is 25.3 Å². The van der Waals surface area contributed by atoms with Crippen molar-refractivity contribution >= 4 is 62.1 Å². The van der Waals surface area contributed by atoms with Gasteiger partial charge in [0.25, 0.3) is 11.8 Å². The number of ether oxygens (including phenoxy) is 3. The Hall–Kier alpha value is -5.64. The molecular weight excluding hydrogens is 642 g/mol. The summed E-state index contributed by atoms with van der Waals surface area (Å²) in [6.07, 6.45) is 0.270. The van der Waals surface area contributed by atoms with E-state index in [1.165, 1.54) is 49.7 Å². The van der Waals surface area contributed by atoms with E-state index >= 15 is 0 Å². The number of carboxylic acids is 1.